The summed E-state index contributed by atoms with van der Waals surface area (Å²) in [5, 5.41) is 3.05. The van der Waals surface area contributed by atoms with Gasteiger partial charge in [0.2, 0.25) is 5.95 Å². The van der Waals surface area contributed by atoms with Crippen LogP contribution in [-0.2, 0) is 6.54 Å². The number of aromatic amines is 1. The minimum Gasteiger partial charge on any atom is -0.377 e. The summed E-state index contributed by atoms with van der Waals surface area (Å²) in [4.78, 5) is 10.5. The van der Waals surface area contributed by atoms with Crippen LogP contribution in [0.3, 0.4) is 0 Å². The van der Waals surface area contributed by atoms with Gasteiger partial charge in [-0.15, -0.1) is 0 Å². The van der Waals surface area contributed by atoms with Crippen LogP contribution in [0.25, 0.3) is 0 Å². The Hall–Kier alpha value is -1.91. The number of rotatable bonds is 3. The minimum absolute atomic E-state index is 0.478. The number of nitrogens with one attached hydrogen (secondary N) is 2. The zero-order valence-electron chi connectivity index (χ0n) is 7.37. The van der Waals surface area contributed by atoms with Gasteiger partial charge in [-0.05, 0) is 12.1 Å². The van der Waals surface area contributed by atoms with Gasteiger partial charge in [0.1, 0.15) is 5.82 Å². The second-order valence-electron chi connectivity index (χ2n) is 2.76. The predicted octanol–water partition coefficient (Wildman–Crippen LogP) is 1.56. The Morgan fingerprint density at radius 1 is 1.36 bits per heavy atom. The van der Waals surface area contributed by atoms with E-state index in [0.717, 1.165) is 11.5 Å². The van der Waals surface area contributed by atoms with Crippen LogP contribution in [0.15, 0.2) is 30.7 Å². The number of hydrogen-bond acceptors (Lipinski definition) is 3. The van der Waals surface area contributed by atoms with Crippen molar-refractivity contribution >= 4 is 5.69 Å². The first kappa shape index (κ1) is 8.68. The summed E-state index contributed by atoms with van der Waals surface area (Å²) in [6, 6.07) is 2.94. The highest BCUT2D eigenvalue weighted by atomic mass is 19.1. The van der Waals surface area contributed by atoms with Crippen molar-refractivity contribution in [2.45, 2.75) is 6.54 Å². The standard InChI is InChI=1S/C9H9FN4/c10-8-2-1-7(5-14-8)13-6-9-11-3-4-12-9/h1-5,13H,6H2,(H,11,12). The summed E-state index contributed by atoms with van der Waals surface area (Å²) in [5.41, 5.74) is 0.766. The van der Waals surface area contributed by atoms with E-state index in [2.05, 4.69) is 20.3 Å². The number of hydrogen-bond donors (Lipinski definition) is 2. The van der Waals surface area contributed by atoms with E-state index in [4.69, 9.17) is 0 Å². The summed E-state index contributed by atoms with van der Waals surface area (Å²) in [6.45, 7) is 0.570. The van der Waals surface area contributed by atoms with E-state index in [-0.39, 0.29) is 0 Å². The van der Waals surface area contributed by atoms with Crippen molar-refractivity contribution in [3.05, 3.63) is 42.5 Å². The summed E-state index contributed by atoms with van der Waals surface area (Å²) in [6.07, 6.45) is 4.87. The van der Waals surface area contributed by atoms with Crippen LogP contribution in [0.5, 0.6) is 0 Å². The van der Waals surface area contributed by atoms with E-state index in [9.17, 15) is 4.39 Å². The van der Waals surface area contributed by atoms with E-state index < -0.39 is 5.95 Å². The third kappa shape index (κ3) is 2.07. The Kier molecular flexibility index (Phi) is 2.40. The molecule has 0 unspecified atom stereocenters. The van der Waals surface area contributed by atoms with Gasteiger partial charge < -0.3 is 10.3 Å². The summed E-state index contributed by atoms with van der Waals surface area (Å²) < 4.78 is 12.4. The van der Waals surface area contributed by atoms with Crippen LogP contribution in [0.2, 0.25) is 0 Å². The topological polar surface area (TPSA) is 53.6 Å². The summed E-state index contributed by atoms with van der Waals surface area (Å²) in [5.74, 6) is 0.350. The number of pyridine rings is 1. The minimum atomic E-state index is -0.478. The molecule has 0 spiro atoms. The van der Waals surface area contributed by atoms with Crippen molar-refractivity contribution in [3.8, 4) is 0 Å². The quantitative estimate of drug-likeness (QED) is 0.725. The van der Waals surface area contributed by atoms with Gasteiger partial charge in [-0.3, -0.25) is 0 Å². The zero-order valence-corrected chi connectivity index (χ0v) is 7.37. The lowest BCUT2D eigenvalue weighted by Gasteiger charge is -2.02. The van der Waals surface area contributed by atoms with Gasteiger partial charge in [-0.1, -0.05) is 0 Å². The number of anilines is 1. The summed E-state index contributed by atoms with van der Waals surface area (Å²) >= 11 is 0. The molecule has 2 N–H and O–H groups in total. The fraction of sp³-hybridized carbons (Fsp3) is 0.111. The highest BCUT2D eigenvalue weighted by Crippen LogP contribution is 2.05. The largest absolute Gasteiger partial charge is 0.377 e. The molecule has 0 aliphatic heterocycles. The van der Waals surface area contributed by atoms with E-state index in [1.54, 1.807) is 18.5 Å². The Morgan fingerprint density at radius 2 is 2.29 bits per heavy atom. The molecular formula is C9H9FN4. The van der Waals surface area contributed by atoms with Gasteiger partial charge in [0.05, 0.1) is 18.4 Å². The molecule has 0 aliphatic carbocycles. The molecule has 0 aromatic carbocycles. The molecule has 0 saturated heterocycles. The third-order valence-corrected chi connectivity index (χ3v) is 1.74. The second kappa shape index (κ2) is 3.87. The molecule has 72 valence electrons. The van der Waals surface area contributed by atoms with Crippen LogP contribution >= 0.6 is 0 Å². The van der Waals surface area contributed by atoms with Crippen molar-refractivity contribution in [2.24, 2.45) is 0 Å². The molecule has 0 aliphatic rings. The number of aromatic nitrogens is 3. The van der Waals surface area contributed by atoms with Crippen molar-refractivity contribution in [1.29, 1.82) is 0 Å². The monoisotopic (exact) mass is 192 g/mol. The maximum Gasteiger partial charge on any atom is 0.212 e. The molecule has 2 heterocycles. The summed E-state index contributed by atoms with van der Waals surface area (Å²) in [7, 11) is 0. The highest BCUT2D eigenvalue weighted by Gasteiger charge is 1.96. The number of halogens is 1. The van der Waals surface area contributed by atoms with Gasteiger partial charge in [0.15, 0.2) is 0 Å². The first-order valence-corrected chi connectivity index (χ1v) is 4.18. The third-order valence-electron chi connectivity index (χ3n) is 1.74. The molecule has 14 heavy (non-hydrogen) atoms. The molecular weight excluding hydrogens is 183 g/mol. The van der Waals surface area contributed by atoms with Gasteiger partial charge in [0.25, 0.3) is 0 Å². The van der Waals surface area contributed by atoms with Crippen LogP contribution in [0.1, 0.15) is 5.82 Å². The van der Waals surface area contributed by atoms with E-state index in [1.807, 2.05) is 0 Å². The van der Waals surface area contributed by atoms with Crippen LogP contribution in [0, 0.1) is 5.95 Å². The lowest BCUT2D eigenvalue weighted by molar-refractivity contribution is 0.584. The highest BCUT2D eigenvalue weighted by molar-refractivity contribution is 5.39. The molecule has 0 saturated carbocycles. The molecule has 0 radical (unpaired) electrons. The number of nitrogens with zero attached hydrogens (tertiary/aromatic N) is 2. The van der Waals surface area contributed by atoms with Gasteiger partial charge >= 0.3 is 0 Å². The maximum absolute atomic E-state index is 12.4. The SMILES string of the molecule is Fc1ccc(NCc2ncc[nH]2)cn1. The predicted molar refractivity (Wildman–Crippen MR) is 50.1 cm³/mol. The molecule has 0 amide bonds. The molecule has 4 nitrogen and oxygen atoms in total. The average Bonchev–Trinajstić information content (AvgIpc) is 2.70. The number of H-pyrrole nitrogens is 1. The van der Waals surface area contributed by atoms with Crippen molar-refractivity contribution in [3.63, 3.8) is 0 Å². The van der Waals surface area contributed by atoms with Crippen molar-refractivity contribution in [2.75, 3.05) is 5.32 Å². The molecule has 5 heteroatoms. The van der Waals surface area contributed by atoms with Crippen molar-refractivity contribution < 1.29 is 4.39 Å². The number of imidazole rings is 1. The lowest BCUT2D eigenvalue weighted by atomic mass is 10.4. The zero-order chi connectivity index (χ0) is 9.80. The van der Waals surface area contributed by atoms with Crippen LogP contribution in [0.4, 0.5) is 10.1 Å². The van der Waals surface area contributed by atoms with Crippen LogP contribution in [-0.4, -0.2) is 15.0 Å². The van der Waals surface area contributed by atoms with Crippen molar-refractivity contribution in [1.82, 2.24) is 15.0 Å². The van der Waals surface area contributed by atoms with Gasteiger partial charge in [-0.2, -0.15) is 4.39 Å². The maximum atomic E-state index is 12.4. The first-order valence-electron chi connectivity index (χ1n) is 4.18. The van der Waals surface area contributed by atoms with E-state index >= 15 is 0 Å². The molecule has 0 bridgehead atoms. The second-order valence-corrected chi connectivity index (χ2v) is 2.76. The average molecular weight is 192 g/mol. The molecule has 2 aromatic heterocycles. The van der Waals surface area contributed by atoms with E-state index in [1.165, 1.54) is 12.3 Å². The van der Waals surface area contributed by atoms with E-state index in [0.29, 0.717) is 6.54 Å². The Labute approximate surface area is 80.2 Å². The molecule has 0 fully saturated rings. The van der Waals surface area contributed by atoms with Gasteiger partial charge in [-0.25, -0.2) is 9.97 Å². The fourth-order valence-electron chi connectivity index (χ4n) is 1.06. The molecule has 0 atom stereocenters. The van der Waals surface area contributed by atoms with Crippen LogP contribution < -0.4 is 5.32 Å². The first-order chi connectivity index (χ1) is 6.84. The Balaban J connectivity index is 1.95. The Morgan fingerprint density at radius 3 is 2.93 bits per heavy atom. The normalized spacial score (nSPS) is 10.1. The fourth-order valence-corrected chi connectivity index (χ4v) is 1.06. The lowest BCUT2D eigenvalue weighted by Crippen LogP contribution is -2.01. The molecule has 2 rings (SSSR count). The Bertz CT molecular complexity index is 382. The molecule has 2 aromatic rings. The van der Waals surface area contributed by atoms with Gasteiger partial charge in [0, 0.05) is 12.4 Å². The smallest absolute Gasteiger partial charge is 0.212 e.